The number of methoxy groups -OCH3 is 1. The molecule has 2 aromatic carbocycles. The van der Waals surface area contributed by atoms with Crippen LogP contribution >= 0.6 is 11.6 Å². The number of halogens is 1. The first kappa shape index (κ1) is 18.3. The van der Waals surface area contributed by atoms with Crippen molar-refractivity contribution in [3.63, 3.8) is 0 Å². The Balaban J connectivity index is 1.79. The quantitative estimate of drug-likeness (QED) is 0.828. The number of anilines is 1. The maximum absolute atomic E-state index is 12.9. The number of aryl methyl sites for hydroxylation is 1. The highest BCUT2D eigenvalue weighted by atomic mass is 35.5. The van der Waals surface area contributed by atoms with Crippen molar-refractivity contribution < 1.29 is 14.3 Å². The van der Waals surface area contributed by atoms with Gasteiger partial charge in [0.15, 0.2) is 0 Å². The van der Waals surface area contributed by atoms with Crippen molar-refractivity contribution in [1.29, 1.82) is 0 Å². The SMILES string of the molecule is COc1ccc(C(=O)N2CCN(c3ccc(Cl)cc3C)C(=O)[C@@H]2C)cc1. The lowest BCUT2D eigenvalue weighted by Crippen LogP contribution is -2.57. The number of hydrogen-bond acceptors (Lipinski definition) is 3. The van der Waals surface area contributed by atoms with E-state index in [0.717, 1.165) is 11.3 Å². The van der Waals surface area contributed by atoms with Crippen LogP contribution in [-0.4, -0.2) is 43.0 Å². The second kappa shape index (κ2) is 7.38. The molecule has 3 rings (SSSR count). The fourth-order valence-electron chi connectivity index (χ4n) is 3.21. The van der Waals surface area contributed by atoms with E-state index in [1.807, 2.05) is 19.1 Å². The second-order valence-corrected chi connectivity index (χ2v) is 6.76. The van der Waals surface area contributed by atoms with E-state index < -0.39 is 6.04 Å². The van der Waals surface area contributed by atoms with Crippen LogP contribution in [0.25, 0.3) is 0 Å². The minimum Gasteiger partial charge on any atom is -0.497 e. The molecule has 1 atom stereocenters. The minimum atomic E-state index is -0.534. The summed E-state index contributed by atoms with van der Waals surface area (Å²) in [5.41, 5.74) is 2.32. The van der Waals surface area contributed by atoms with Crippen LogP contribution in [0.1, 0.15) is 22.8 Å². The number of benzene rings is 2. The molecular weight excluding hydrogens is 352 g/mol. The average Bonchev–Trinajstić information content (AvgIpc) is 2.64. The van der Waals surface area contributed by atoms with Gasteiger partial charge >= 0.3 is 0 Å². The first-order valence-electron chi connectivity index (χ1n) is 8.45. The van der Waals surface area contributed by atoms with Crippen LogP contribution in [0.4, 0.5) is 5.69 Å². The van der Waals surface area contributed by atoms with Gasteiger partial charge in [-0.2, -0.15) is 0 Å². The van der Waals surface area contributed by atoms with Crippen molar-refractivity contribution in [3.8, 4) is 5.75 Å². The van der Waals surface area contributed by atoms with Crippen LogP contribution in [0, 0.1) is 6.92 Å². The Morgan fingerprint density at radius 2 is 1.85 bits per heavy atom. The second-order valence-electron chi connectivity index (χ2n) is 6.32. The lowest BCUT2D eigenvalue weighted by molar-refractivity contribution is -0.124. The molecule has 2 amide bonds. The molecule has 0 aromatic heterocycles. The van der Waals surface area contributed by atoms with E-state index in [1.54, 1.807) is 54.2 Å². The summed E-state index contributed by atoms with van der Waals surface area (Å²) in [5.74, 6) is 0.443. The average molecular weight is 373 g/mol. The number of carbonyl (C=O) groups excluding carboxylic acids is 2. The number of nitrogens with zero attached hydrogens (tertiary/aromatic N) is 2. The lowest BCUT2D eigenvalue weighted by atomic mass is 10.1. The van der Waals surface area contributed by atoms with Gasteiger partial charge in [0.2, 0.25) is 5.91 Å². The monoisotopic (exact) mass is 372 g/mol. The smallest absolute Gasteiger partial charge is 0.254 e. The zero-order chi connectivity index (χ0) is 18.8. The van der Waals surface area contributed by atoms with Gasteiger partial charge in [0, 0.05) is 29.4 Å². The van der Waals surface area contributed by atoms with Crippen LogP contribution in [0.5, 0.6) is 5.75 Å². The van der Waals surface area contributed by atoms with Crippen LogP contribution in [0.2, 0.25) is 5.02 Å². The zero-order valence-electron chi connectivity index (χ0n) is 15.0. The minimum absolute atomic E-state index is 0.0939. The molecule has 0 radical (unpaired) electrons. The summed E-state index contributed by atoms with van der Waals surface area (Å²) in [7, 11) is 1.58. The van der Waals surface area contributed by atoms with Crippen molar-refractivity contribution in [2.75, 3.05) is 25.1 Å². The molecular formula is C20H21ClN2O3. The van der Waals surface area contributed by atoms with E-state index in [9.17, 15) is 9.59 Å². The molecule has 1 aliphatic rings. The van der Waals surface area contributed by atoms with Gasteiger partial charge in [-0.05, 0) is 61.9 Å². The molecule has 136 valence electrons. The molecule has 1 heterocycles. The van der Waals surface area contributed by atoms with E-state index >= 15 is 0 Å². The molecule has 1 saturated heterocycles. The number of rotatable bonds is 3. The third kappa shape index (κ3) is 3.40. The third-order valence-corrected chi connectivity index (χ3v) is 4.94. The maximum atomic E-state index is 12.9. The van der Waals surface area contributed by atoms with Gasteiger partial charge in [0.05, 0.1) is 7.11 Å². The number of hydrogen-bond donors (Lipinski definition) is 0. The van der Waals surface area contributed by atoms with Gasteiger partial charge in [-0.25, -0.2) is 0 Å². The summed E-state index contributed by atoms with van der Waals surface area (Å²) in [6.07, 6.45) is 0. The van der Waals surface area contributed by atoms with Crippen LogP contribution < -0.4 is 9.64 Å². The van der Waals surface area contributed by atoms with Crippen LogP contribution in [0.3, 0.4) is 0 Å². The highest BCUT2D eigenvalue weighted by Gasteiger charge is 2.35. The summed E-state index contributed by atoms with van der Waals surface area (Å²) in [6, 6.07) is 11.8. The molecule has 26 heavy (non-hydrogen) atoms. The van der Waals surface area contributed by atoms with Gasteiger partial charge in [0.25, 0.3) is 5.91 Å². The maximum Gasteiger partial charge on any atom is 0.254 e. The summed E-state index contributed by atoms with van der Waals surface area (Å²) in [5, 5.41) is 0.639. The number of ether oxygens (including phenoxy) is 1. The zero-order valence-corrected chi connectivity index (χ0v) is 15.8. The normalized spacial score (nSPS) is 17.4. The van der Waals surface area contributed by atoms with Gasteiger partial charge in [-0.3, -0.25) is 9.59 Å². The highest BCUT2D eigenvalue weighted by Crippen LogP contribution is 2.27. The van der Waals surface area contributed by atoms with Gasteiger partial charge < -0.3 is 14.5 Å². The van der Waals surface area contributed by atoms with Gasteiger partial charge in [0.1, 0.15) is 11.8 Å². The molecule has 0 N–H and O–H groups in total. The Morgan fingerprint density at radius 3 is 2.46 bits per heavy atom. The largest absolute Gasteiger partial charge is 0.497 e. The predicted octanol–water partition coefficient (Wildman–Crippen LogP) is 3.53. The van der Waals surface area contributed by atoms with E-state index in [4.69, 9.17) is 16.3 Å². The standard InChI is InChI=1S/C20H21ClN2O3/c1-13-12-16(21)6-9-18(13)23-11-10-22(14(2)19(23)24)20(25)15-4-7-17(26-3)8-5-15/h4-9,12,14H,10-11H2,1-3H3/t14-/m0/s1. The molecule has 2 aromatic rings. The molecule has 0 saturated carbocycles. The molecule has 5 nitrogen and oxygen atoms in total. The molecule has 1 fully saturated rings. The number of amides is 2. The molecule has 0 spiro atoms. The lowest BCUT2D eigenvalue weighted by Gasteiger charge is -2.39. The Bertz CT molecular complexity index is 835. The van der Waals surface area contributed by atoms with Crippen LogP contribution in [0.15, 0.2) is 42.5 Å². The summed E-state index contributed by atoms with van der Waals surface area (Å²) in [4.78, 5) is 29.0. The van der Waals surface area contributed by atoms with Crippen molar-refractivity contribution in [3.05, 3.63) is 58.6 Å². The fraction of sp³-hybridized carbons (Fsp3) is 0.300. The predicted molar refractivity (Wildman–Crippen MR) is 102 cm³/mol. The Kier molecular flexibility index (Phi) is 5.18. The molecule has 0 unspecified atom stereocenters. The summed E-state index contributed by atoms with van der Waals surface area (Å²) < 4.78 is 5.12. The fourth-order valence-corrected chi connectivity index (χ4v) is 3.43. The van der Waals surface area contributed by atoms with Crippen molar-refractivity contribution >= 4 is 29.1 Å². The number of piperazine rings is 1. The molecule has 0 bridgehead atoms. The molecule has 6 heteroatoms. The third-order valence-electron chi connectivity index (χ3n) is 4.70. The van der Waals surface area contributed by atoms with Crippen LogP contribution in [-0.2, 0) is 4.79 Å². The Labute approximate surface area is 158 Å². The molecule has 0 aliphatic carbocycles. The van der Waals surface area contributed by atoms with Gasteiger partial charge in [-0.1, -0.05) is 11.6 Å². The van der Waals surface area contributed by atoms with E-state index in [2.05, 4.69) is 0 Å². The topological polar surface area (TPSA) is 49.9 Å². The van der Waals surface area contributed by atoms with E-state index in [0.29, 0.717) is 29.4 Å². The van der Waals surface area contributed by atoms with E-state index in [-0.39, 0.29) is 11.8 Å². The van der Waals surface area contributed by atoms with Crippen molar-refractivity contribution in [2.45, 2.75) is 19.9 Å². The first-order chi connectivity index (χ1) is 12.4. The Hall–Kier alpha value is -2.53. The van der Waals surface area contributed by atoms with E-state index in [1.165, 1.54) is 0 Å². The summed E-state index contributed by atoms with van der Waals surface area (Å²) >= 11 is 6.01. The van der Waals surface area contributed by atoms with Gasteiger partial charge in [-0.15, -0.1) is 0 Å². The Morgan fingerprint density at radius 1 is 1.15 bits per heavy atom. The first-order valence-corrected chi connectivity index (χ1v) is 8.82. The highest BCUT2D eigenvalue weighted by molar-refractivity contribution is 6.30. The number of carbonyl (C=O) groups is 2. The summed E-state index contributed by atoms with van der Waals surface area (Å²) in [6.45, 7) is 4.61. The molecule has 1 aliphatic heterocycles. The van der Waals surface area contributed by atoms with Crippen molar-refractivity contribution in [2.24, 2.45) is 0 Å². The van der Waals surface area contributed by atoms with Crippen molar-refractivity contribution in [1.82, 2.24) is 4.90 Å².